The van der Waals surface area contributed by atoms with Crippen molar-refractivity contribution in [3.63, 3.8) is 0 Å². The third-order valence-corrected chi connectivity index (χ3v) is 3.78. The van der Waals surface area contributed by atoms with E-state index in [-0.39, 0.29) is 21.8 Å². The zero-order valence-corrected chi connectivity index (χ0v) is 10.9. The first-order valence-corrected chi connectivity index (χ1v) is 6.06. The van der Waals surface area contributed by atoms with Crippen LogP contribution in [0.25, 0.3) is 0 Å². The second-order valence-electron chi connectivity index (χ2n) is 5.31. The van der Waals surface area contributed by atoms with Gasteiger partial charge >= 0.3 is 0 Å². The molecule has 1 aliphatic carbocycles. The first kappa shape index (κ1) is 13.1. The smallest absolute Gasteiger partial charge is 0.295 e. The van der Waals surface area contributed by atoms with E-state index in [1.54, 1.807) is 0 Å². The van der Waals surface area contributed by atoms with Gasteiger partial charge in [0.15, 0.2) is 0 Å². The summed E-state index contributed by atoms with van der Waals surface area (Å²) in [6, 6.07) is 2.12. The Morgan fingerprint density at radius 1 is 1.61 bits per heavy atom. The maximum atomic E-state index is 13.2. The van der Waals surface area contributed by atoms with E-state index < -0.39 is 10.7 Å². The standard InChI is InChI=1S/C12H14ClFN2O2/c1-12(2)5-7(12)6-15-10-3-8(13)9(14)4-11(10)16(17)18/h3-4,7,15H,5-6H2,1-2H3. The Bertz CT molecular complexity index is 505. The Morgan fingerprint density at radius 3 is 2.72 bits per heavy atom. The van der Waals surface area contributed by atoms with Gasteiger partial charge in [-0.1, -0.05) is 25.4 Å². The molecule has 4 nitrogen and oxygen atoms in total. The quantitative estimate of drug-likeness (QED) is 0.669. The third-order valence-electron chi connectivity index (χ3n) is 3.49. The van der Waals surface area contributed by atoms with E-state index in [1.165, 1.54) is 6.07 Å². The molecular formula is C12H14ClFN2O2. The van der Waals surface area contributed by atoms with Crippen molar-refractivity contribution in [2.75, 3.05) is 11.9 Å². The molecule has 1 saturated carbocycles. The van der Waals surface area contributed by atoms with Gasteiger partial charge in [-0.3, -0.25) is 10.1 Å². The van der Waals surface area contributed by atoms with Gasteiger partial charge in [-0.05, 0) is 23.8 Å². The molecule has 98 valence electrons. The van der Waals surface area contributed by atoms with Gasteiger partial charge in [-0.2, -0.15) is 0 Å². The van der Waals surface area contributed by atoms with Crippen LogP contribution < -0.4 is 5.32 Å². The van der Waals surface area contributed by atoms with Gasteiger partial charge in [0, 0.05) is 6.54 Å². The van der Waals surface area contributed by atoms with E-state index in [0.29, 0.717) is 12.5 Å². The number of benzene rings is 1. The molecule has 0 bridgehead atoms. The summed E-state index contributed by atoms with van der Waals surface area (Å²) in [6.07, 6.45) is 1.09. The van der Waals surface area contributed by atoms with Crippen molar-refractivity contribution in [3.8, 4) is 0 Å². The molecule has 1 aliphatic rings. The van der Waals surface area contributed by atoms with Crippen LogP contribution in [-0.2, 0) is 0 Å². The Labute approximate surface area is 109 Å². The average molecular weight is 273 g/mol. The highest BCUT2D eigenvalue weighted by molar-refractivity contribution is 6.31. The van der Waals surface area contributed by atoms with Crippen molar-refractivity contribution in [1.29, 1.82) is 0 Å². The number of nitro groups is 1. The molecule has 6 heteroatoms. The number of nitrogens with zero attached hydrogens (tertiary/aromatic N) is 1. The Hall–Kier alpha value is -1.36. The van der Waals surface area contributed by atoms with Gasteiger partial charge in [0.05, 0.1) is 16.0 Å². The molecule has 1 aromatic carbocycles. The summed E-state index contributed by atoms with van der Waals surface area (Å²) >= 11 is 5.64. The SMILES string of the molecule is CC1(C)CC1CNc1cc(Cl)c(F)cc1[N+](=O)[O-]. The number of anilines is 1. The summed E-state index contributed by atoms with van der Waals surface area (Å²) in [7, 11) is 0. The Morgan fingerprint density at radius 2 is 2.22 bits per heavy atom. The highest BCUT2D eigenvalue weighted by Crippen LogP contribution is 2.51. The molecule has 2 rings (SSSR count). The monoisotopic (exact) mass is 272 g/mol. The summed E-state index contributed by atoms with van der Waals surface area (Å²) in [4.78, 5) is 10.2. The lowest BCUT2D eigenvalue weighted by molar-refractivity contribution is -0.384. The normalized spacial score (nSPS) is 20.6. The van der Waals surface area contributed by atoms with Gasteiger partial charge in [0.2, 0.25) is 0 Å². The van der Waals surface area contributed by atoms with Crippen LogP contribution in [0.3, 0.4) is 0 Å². The lowest BCUT2D eigenvalue weighted by Gasteiger charge is -2.09. The van der Waals surface area contributed by atoms with Crippen LogP contribution in [0.15, 0.2) is 12.1 Å². The van der Waals surface area contributed by atoms with Crippen molar-refractivity contribution in [1.82, 2.24) is 0 Å². The van der Waals surface area contributed by atoms with Crippen LogP contribution in [0, 0.1) is 27.3 Å². The molecule has 18 heavy (non-hydrogen) atoms. The minimum Gasteiger partial charge on any atom is -0.379 e. The van der Waals surface area contributed by atoms with Crippen LogP contribution in [0.5, 0.6) is 0 Å². The molecule has 1 atom stereocenters. The molecule has 1 N–H and O–H groups in total. The molecule has 0 amide bonds. The molecule has 1 unspecified atom stereocenters. The van der Waals surface area contributed by atoms with E-state index in [9.17, 15) is 14.5 Å². The first-order chi connectivity index (χ1) is 8.31. The lowest BCUT2D eigenvalue weighted by atomic mass is 10.1. The molecule has 0 radical (unpaired) electrons. The molecule has 0 aromatic heterocycles. The van der Waals surface area contributed by atoms with Gasteiger partial charge in [-0.15, -0.1) is 0 Å². The number of halogens is 2. The second-order valence-corrected chi connectivity index (χ2v) is 5.72. The predicted molar refractivity (Wildman–Crippen MR) is 68.4 cm³/mol. The van der Waals surface area contributed by atoms with Crippen molar-refractivity contribution in [2.24, 2.45) is 11.3 Å². The third kappa shape index (κ3) is 2.56. The fourth-order valence-electron chi connectivity index (χ4n) is 1.99. The van der Waals surface area contributed by atoms with Gasteiger partial charge in [0.25, 0.3) is 5.69 Å². The van der Waals surface area contributed by atoms with Crippen LogP contribution in [0.2, 0.25) is 5.02 Å². The number of nitrogens with one attached hydrogen (secondary N) is 1. The molecule has 0 aliphatic heterocycles. The highest BCUT2D eigenvalue weighted by atomic mass is 35.5. The van der Waals surface area contributed by atoms with E-state index in [0.717, 1.165) is 12.5 Å². The van der Waals surface area contributed by atoms with Crippen LogP contribution in [0.4, 0.5) is 15.8 Å². The minimum atomic E-state index is -0.777. The number of hydrogen-bond donors (Lipinski definition) is 1. The topological polar surface area (TPSA) is 55.2 Å². The maximum Gasteiger partial charge on any atom is 0.295 e. The Balaban J connectivity index is 2.16. The largest absolute Gasteiger partial charge is 0.379 e. The van der Waals surface area contributed by atoms with E-state index in [2.05, 4.69) is 19.2 Å². The number of nitro benzene ring substituents is 1. The van der Waals surface area contributed by atoms with Crippen molar-refractivity contribution in [2.45, 2.75) is 20.3 Å². The molecular weight excluding hydrogens is 259 g/mol. The van der Waals surface area contributed by atoms with E-state index >= 15 is 0 Å². The molecule has 0 heterocycles. The molecule has 1 fully saturated rings. The highest BCUT2D eigenvalue weighted by Gasteiger charge is 2.45. The van der Waals surface area contributed by atoms with Crippen molar-refractivity contribution in [3.05, 3.63) is 33.1 Å². The van der Waals surface area contributed by atoms with Crippen molar-refractivity contribution >= 4 is 23.0 Å². The summed E-state index contributed by atoms with van der Waals surface area (Å²) in [6.45, 7) is 4.92. The number of rotatable bonds is 4. The van der Waals surface area contributed by atoms with Crippen LogP contribution in [-0.4, -0.2) is 11.5 Å². The van der Waals surface area contributed by atoms with Crippen LogP contribution >= 0.6 is 11.6 Å². The zero-order valence-electron chi connectivity index (χ0n) is 10.2. The van der Waals surface area contributed by atoms with E-state index in [4.69, 9.17) is 11.6 Å². The maximum absolute atomic E-state index is 13.2. The molecule has 0 spiro atoms. The fraction of sp³-hybridized carbons (Fsp3) is 0.500. The summed E-state index contributed by atoms with van der Waals surface area (Å²) < 4.78 is 13.2. The Kier molecular flexibility index (Phi) is 3.19. The number of hydrogen-bond acceptors (Lipinski definition) is 3. The first-order valence-electron chi connectivity index (χ1n) is 5.68. The summed E-state index contributed by atoms with van der Waals surface area (Å²) in [5.41, 5.74) is 0.274. The van der Waals surface area contributed by atoms with Crippen LogP contribution in [0.1, 0.15) is 20.3 Å². The van der Waals surface area contributed by atoms with Gasteiger partial charge in [-0.25, -0.2) is 4.39 Å². The van der Waals surface area contributed by atoms with E-state index in [1.807, 2.05) is 0 Å². The summed E-state index contributed by atoms with van der Waals surface area (Å²) in [5, 5.41) is 13.7. The van der Waals surface area contributed by atoms with Crippen molar-refractivity contribution < 1.29 is 9.31 Å². The molecule has 1 aromatic rings. The van der Waals surface area contributed by atoms with Gasteiger partial charge in [0.1, 0.15) is 11.5 Å². The summed E-state index contributed by atoms with van der Waals surface area (Å²) in [5.74, 6) is -0.290. The predicted octanol–water partition coefficient (Wildman–Crippen LogP) is 3.85. The average Bonchev–Trinajstić information content (AvgIpc) is 2.87. The molecule has 0 saturated heterocycles. The second kappa shape index (κ2) is 4.39. The fourth-order valence-corrected chi connectivity index (χ4v) is 2.15. The van der Waals surface area contributed by atoms with Gasteiger partial charge < -0.3 is 5.32 Å². The minimum absolute atomic E-state index is 0.113. The lowest BCUT2D eigenvalue weighted by Crippen LogP contribution is -2.09. The zero-order chi connectivity index (χ0) is 13.5.